The smallest absolute Gasteiger partial charge is 0.323 e. The van der Waals surface area contributed by atoms with Gasteiger partial charge < -0.3 is 15.2 Å². The minimum Gasteiger partial charge on any atom is -0.465 e. The van der Waals surface area contributed by atoms with Crippen LogP contribution in [0.25, 0.3) is 0 Å². The molecule has 4 heteroatoms. The van der Waals surface area contributed by atoms with Crippen molar-refractivity contribution in [3.8, 4) is 0 Å². The molecule has 14 heavy (non-hydrogen) atoms. The third-order valence-corrected chi connectivity index (χ3v) is 2.38. The van der Waals surface area contributed by atoms with Gasteiger partial charge in [0.25, 0.3) is 0 Å². The third-order valence-electron chi connectivity index (χ3n) is 2.38. The largest absolute Gasteiger partial charge is 0.465 e. The van der Waals surface area contributed by atoms with Crippen LogP contribution in [0.2, 0.25) is 0 Å². The zero-order valence-electron chi connectivity index (χ0n) is 8.66. The number of carbonyl (C=O) groups is 1. The summed E-state index contributed by atoms with van der Waals surface area (Å²) >= 11 is 0. The molecule has 0 bridgehead atoms. The Labute approximate surface area is 84.6 Å². The van der Waals surface area contributed by atoms with E-state index >= 15 is 0 Å². The van der Waals surface area contributed by atoms with E-state index in [1.54, 1.807) is 0 Å². The summed E-state index contributed by atoms with van der Waals surface area (Å²) in [6.07, 6.45) is 3.22. The first-order valence-electron chi connectivity index (χ1n) is 5.32. The Morgan fingerprint density at radius 1 is 1.57 bits per heavy atom. The molecular weight excluding hydrogens is 182 g/mol. The van der Waals surface area contributed by atoms with Gasteiger partial charge in [0.15, 0.2) is 0 Å². The fourth-order valence-electron chi connectivity index (χ4n) is 1.52. The molecule has 1 rings (SSSR count). The van der Waals surface area contributed by atoms with E-state index in [-0.39, 0.29) is 12.0 Å². The van der Waals surface area contributed by atoms with Crippen molar-refractivity contribution in [1.29, 1.82) is 0 Å². The minimum atomic E-state index is -0.400. The van der Waals surface area contributed by atoms with Crippen LogP contribution in [0.3, 0.4) is 0 Å². The first-order chi connectivity index (χ1) is 6.74. The van der Waals surface area contributed by atoms with Crippen LogP contribution in [0.5, 0.6) is 0 Å². The molecule has 0 radical (unpaired) electrons. The molecule has 4 nitrogen and oxygen atoms in total. The lowest BCUT2D eigenvalue weighted by molar-refractivity contribution is -0.146. The van der Waals surface area contributed by atoms with E-state index < -0.39 is 6.10 Å². The number of esters is 1. The average molecular weight is 201 g/mol. The van der Waals surface area contributed by atoms with Gasteiger partial charge >= 0.3 is 5.97 Å². The molecule has 2 unspecified atom stereocenters. The van der Waals surface area contributed by atoms with Crippen LogP contribution in [0.15, 0.2) is 0 Å². The highest BCUT2D eigenvalue weighted by molar-refractivity contribution is 5.76. The van der Waals surface area contributed by atoms with Crippen molar-refractivity contribution in [2.24, 2.45) is 0 Å². The van der Waals surface area contributed by atoms with E-state index in [1.807, 2.05) is 0 Å². The highest BCUT2D eigenvalue weighted by atomic mass is 16.5. The molecule has 0 aromatic heterocycles. The molecule has 0 amide bonds. The van der Waals surface area contributed by atoms with Crippen LogP contribution < -0.4 is 5.32 Å². The van der Waals surface area contributed by atoms with Gasteiger partial charge in [-0.15, -0.1) is 0 Å². The zero-order chi connectivity index (χ0) is 10.4. The van der Waals surface area contributed by atoms with Gasteiger partial charge in [0.2, 0.25) is 0 Å². The maximum absolute atomic E-state index is 11.4. The highest BCUT2D eigenvalue weighted by Gasteiger charge is 2.28. The van der Waals surface area contributed by atoms with Crippen molar-refractivity contribution in [2.75, 3.05) is 13.2 Å². The SMILES string of the molecule is CCCCCOC(=O)C1CC(O)CN1. The monoisotopic (exact) mass is 201 g/mol. The molecular formula is C10H19NO3. The second-order valence-corrected chi connectivity index (χ2v) is 3.72. The van der Waals surface area contributed by atoms with Gasteiger partial charge in [-0.05, 0) is 6.42 Å². The van der Waals surface area contributed by atoms with Crippen molar-refractivity contribution in [1.82, 2.24) is 5.32 Å². The molecule has 1 saturated heterocycles. The van der Waals surface area contributed by atoms with Crippen LogP contribution in [-0.2, 0) is 9.53 Å². The summed E-state index contributed by atoms with van der Waals surface area (Å²) in [6.45, 7) is 3.10. The van der Waals surface area contributed by atoms with E-state index in [9.17, 15) is 9.90 Å². The minimum absolute atomic E-state index is 0.224. The molecule has 0 aromatic carbocycles. The summed E-state index contributed by atoms with van der Waals surface area (Å²) in [5, 5.41) is 12.1. The molecule has 0 saturated carbocycles. The second kappa shape index (κ2) is 5.98. The van der Waals surface area contributed by atoms with Crippen LogP contribution in [0, 0.1) is 0 Å². The first kappa shape index (κ1) is 11.5. The maximum atomic E-state index is 11.4. The van der Waals surface area contributed by atoms with E-state index in [0.29, 0.717) is 19.6 Å². The predicted octanol–water partition coefficient (Wildman–Crippen LogP) is 0.443. The van der Waals surface area contributed by atoms with Crippen molar-refractivity contribution in [2.45, 2.75) is 44.8 Å². The summed E-state index contributed by atoms with van der Waals surface area (Å²) in [5.74, 6) is -0.224. The van der Waals surface area contributed by atoms with Gasteiger partial charge in [0, 0.05) is 13.0 Å². The van der Waals surface area contributed by atoms with E-state index in [4.69, 9.17) is 4.74 Å². The summed E-state index contributed by atoms with van der Waals surface area (Å²) in [6, 6.07) is -0.299. The lowest BCUT2D eigenvalue weighted by Crippen LogP contribution is -2.32. The number of aliphatic hydroxyl groups is 1. The number of hydrogen-bond donors (Lipinski definition) is 2. The van der Waals surface area contributed by atoms with Gasteiger partial charge in [-0.25, -0.2) is 0 Å². The fraction of sp³-hybridized carbons (Fsp3) is 0.900. The van der Waals surface area contributed by atoms with E-state index in [2.05, 4.69) is 12.2 Å². The van der Waals surface area contributed by atoms with Gasteiger partial charge in [-0.3, -0.25) is 4.79 Å². The van der Waals surface area contributed by atoms with Crippen molar-refractivity contribution < 1.29 is 14.6 Å². The molecule has 1 heterocycles. The molecule has 1 fully saturated rings. The predicted molar refractivity (Wildman–Crippen MR) is 52.9 cm³/mol. The Bertz CT molecular complexity index is 184. The Balaban J connectivity index is 2.09. The number of carbonyl (C=O) groups excluding carboxylic acids is 1. The Morgan fingerprint density at radius 2 is 2.36 bits per heavy atom. The van der Waals surface area contributed by atoms with E-state index in [1.165, 1.54) is 0 Å². The lowest BCUT2D eigenvalue weighted by Gasteiger charge is -2.09. The number of unbranched alkanes of at least 4 members (excludes halogenated alkanes) is 2. The first-order valence-corrected chi connectivity index (χ1v) is 5.32. The quantitative estimate of drug-likeness (QED) is 0.500. The Hall–Kier alpha value is -0.610. The summed E-state index contributed by atoms with van der Waals surface area (Å²) < 4.78 is 5.06. The fourth-order valence-corrected chi connectivity index (χ4v) is 1.52. The number of rotatable bonds is 5. The molecule has 82 valence electrons. The average Bonchev–Trinajstić information content (AvgIpc) is 2.59. The van der Waals surface area contributed by atoms with Crippen molar-refractivity contribution in [3.05, 3.63) is 0 Å². The Kier molecular flexibility index (Phi) is 4.90. The highest BCUT2D eigenvalue weighted by Crippen LogP contribution is 2.08. The lowest BCUT2D eigenvalue weighted by atomic mass is 10.2. The standard InChI is InChI=1S/C10H19NO3/c1-2-3-4-5-14-10(13)9-6-8(12)7-11-9/h8-9,11-12H,2-7H2,1H3. The van der Waals surface area contributed by atoms with Crippen LogP contribution in [-0.4, -0.2) is 36.4 Å². The van der Waals surface area contributed by atoms with Crippen molar-refractivity contribution >= 4 is 5.97 Å². The molecule has 1 aliphatic rings. The van der Waals surface area contributed by atoms with Crippen LogP contribution in [0.4, 0.5) is 0 Å². The van der Waals surface area contributed by atoms with Gasteiger partial charge in [-0.2, -0.15) is 0 Å². The number of hydrogen-bond acceptors (Lipinski definition) is 4. The summed E-state index contributed by atoms with van der Waals surface area (Å²) in [4.78, 5) is 11.4. The van der Waals surface area contributed by atoms with Crippen LogP contribution >= 0.6 is 0 Å². The number of β-amino-alcohol motifs (C(OH)–C–C–N with tert-alkyl or cyclic N) is 1. The molecule has 0 spiro atoms. The summed E-state index contributed by atoms with van der Waals surface area (Å²) in [7, 11) is 0. The zero-order valence-corrected chi connectivity index (χ0v) is 8.66. The molecule has 0 aliphatic carbocycles. The van der Waals surface area contributed by atoms with Gasteiger partial charge in [-0.1, -0.05) is 19.8 Å². The van der Waals surface area contributed by atoms with Crippen molar-refractivity contribution in [3.63, 3.8) is 0 Å². The van der Waals surface area contributed by atoms with E-state index in [0.717, 1.165) is 19.3 Å². The third kappa shape index (κ3) is 3.64. The maximum Gasteiger partial charge on any atom is 0.323 e. The number of nitrogens with one attached hydrogen (secondary N) is 1. The number of ether oxygens (including phenoxy) is 1. The van der Waals surface area contributed by atoms with Gasteiger partial charge in [0.05, 0.1) is 12.7 Å². The molecule has 2 N–H and O–H groups in total. The normalized spacial score (nSPS) is 26.4. The summed E-state index contributed by atoms with van der Waals surface area (Å²) in [5.41, 5.74) is 0. The molecule has 0 aromatic rings. The van der Waals surface area contributed by atoms with Gasteiger partial charge in [0.1, 0.15) is 6.04 Å². The topological polar surface area (TPSA) is 58.6 Å². The molecule has 1 aliphatic heterocycles. The van der Waals surface area contributed by atoms with Crippen LogP contribution in [0.1, 0.15) is 32.6 Å². The molecule has 2 atom stereocenters. The number of aliphatic hydroxyl groups excluding tert-OH is 1. The second-order valence-electron chi connectivity index (χ2n) is 3.72. The Morgan fingerprint density at radius 3 is 2.93 bits per heavy atom.